The number of hydrogen-bond donors (Lipinski definition) is 2. The molecule has 0 radical (unpaired) electrons. The summed E-state index contributed by atoms with van der Waals surface area (Å²) in [5, 5.41) is 2.78. The number of hydrogen-bond acceptors (Lipinski definition) is 8. The van der Waals surface area contributed by atoms with Gasteiger partial charge in [-0.25, -0.2) is 31.1 Å². The van der Waals surface area contributed by atoms with E-state index in [9.17, 15) is 22.0 Å². The number of sulfonamides is 1. The topological polar surface area (TPSA) is 116 Å². The van der Waals surface area contributed by atoms with Gasteiger partial charge in [0.1, 0.15) is 33.8 Å². The molecule has 220 valence electrons. The normalized spacial score (nSPS) is 14.1. The van der Waals surface area contributed by atoms with E-state index in [1.54, 1.807) is 0 Å². The Bertz CT molecular complexity index is 1760. The average Bonchev–Trinajstić information content (AvgIpc) is 2.91. The number of nitrogens with zero attached hydrogens (tertiary/aromatic N) is 1. The summed E-state index contributed by atoms with van der Waals surface area (Å²) in [5.74, 6) is -3.56. The highest BCUT2D eigenvalue weighted by molar-refractivity contribution is 9.10. The lowest BCUT2D eigenvalue weighted by molar-refractivity contribution is 0.0600. The van der Waals surface area contributed by atoms with Gasteiger partial charge in [0, 0.05) is 59.9 Å². The molecule has 5 rings (SSSR count). The molecule has 2 heterocycles. The monoisotopic (exact) mass is 665 g/mol. The number of carbonyl (C=O) groups excluding carboxylic acids is 1. The number of carbonyl (C=O) groups is 1. The molecule has 0 bridgehead atoms. The zero-order valence-corrected chi connectivity index (χ0v) is 24.3. The van der Waals surface area contributed by atoms with Gasteiger partial charge < -0.3 is 19.5 Å². The summed E-state index contributed by atoms with van der Waals surface area (Å²) in [7, 11) is -3.09. The van der Waals surface area contributed by atoms with Crippen LogP contribution in [0.1, 0.15) is 23.2 Å². The highest BCUT2D eigenvalue weighted by Gasteiger charge is 2.28. The van der Waals surface area contributed by atoms with Crippen LogP contribution in [0.2, 0.25) is 0 Å². The van der Waals surface area contributed by atoms with Gasteiger partial charge in [0.2, 0.25) is 10.0 Å². The Kier molecular flexibility index (Phi) is 8.68. The van der Waals surface area contributed by atoms with E-state index in [1.165, 1.54) is 24.3 Å². The quantitative estimate of drug-likeness (QED) is 0.214. The summed E-state index contributed by atoms with van der Waals surface area (Å²) in [6.07, 6.45) is 2.01. The van der Waals surface area contributed by atoms with Crippen molar-refractivity contribution in [2.75, 3.05) is 25.6 Å². The number of esters is 1. The van der Waals surface area contributed by atoms with Crippen molar-refractivity contribution in [3.8, 4) is 11.5 Å². The van der Waals surface area contributed by atoms with Gasteiger partial charge in [0.05, 0.1) is 29.3 Å². The Labute approximate surface area is 247 Å². The van der Waals surface area contributed by atoms with Gasteiger partial charge in [-0.1, -0.05) is 15.9 Å². The first-order chi connectivity index (χ1) is 20.0. The number of pyridine rings is 1. The summed E-state index contributed by atoms with van der Waals surface area (Å²) < 4.78 is 88.9. The van der Waals surface area contributed by atoms with Gasteiger partial charge >= 0.3 is 5.97 Å². The molecule has 14 heteroatoms. The van der Waals surface area contributed by atoms with Gasteiger partial charge in [0.15, 0.2) is 0 Å². The second kappa shape index (κ2) is 12.3. The van der Waals surface area contributed by atoms with Crippen molar-refractivity contribution in [2.45, 2.75) is 23.8 Å². The van der Waals surface area contributed by atoms with Crippen LogP contribution in [0.3, 0.4) is 0 Å². The minimum absolute atomic E-state index is 0.0410. The number of methoxy groups -OCH3 is 1. The summed E-state index contributed by atoms with van der Waals surface area (Å²) in [6, 6.07) is 8.77. The number of halogens is 4. The molecule has 0 spiro atoms. The second-order valence-electron chi connectivity index (χ2n) is 9.36. The molecule has 9 nitrogen and oxygen atoms in total. The summed E-state index contributed by atoms with van der Waals surface area (Å²) >= 11 is 3.22. The number of fused-ring (bicyclic) bond motifs is 1. The van der Waals surface area contributed by atoms with E-state index in [1.807, 2.05) is 0 Å². The predicted octanol–water partition coefficient (Wildman–Crippen LogP) is 6.19. The van der Waals surface area contributed by atoms with Crippen LogP contribution >= 0.6 is 15.9 Å². The van der Waals surface area contributed by atoms with Crippen molar-refractivity contribution in [3.63, 3.8) is 0 Å². The van der Waals surface area contributed by atoms with Crippen LogP contribution in [0.5, 0.6) is 11.5 Å². The van der Waals surface area contributed by atoms with E-state index in [4.69, 9.17) is 14.2 Å². The number of benzene rings is 3. The molecule has 0 amide bonds. The first-order valence-corrected chi connectivity index (χ1v) is 14.8. The highest BCUT2D eigenvalue weighted by atomic mass is 79.9. The maximum absolute atomic E-state index is 15.4. The highest BCUT2D eigenvalue weighted by Crippen LogP contribution is 2.37. The lowest BCUT2D eigenvalue weighted by atomic mass is 10.1. The van der Waals surface area contributed by atoms with E-state index >= 15 is 4.39 Å². The number of ether oxygens (including phenoxy) is 3. The smallest absolute Gasteiger partial charge is 0.338 e. The molecule has 0 aliphatic carbocycles. The van der Waals surface area contributed by atoms with E-state index in [-0.39, 0.29) is 44.2 Å². The van der Waals surface area contributed by atoms with Crippen molar-refractivity contribution >= 4 is 54.2 Å². The SMILES string of the molecule is COC(=O)c1cc(Nc2c(S(=O)(=O)NC3CCOCC3)cnc3cc(Br)cc(F)c23)cc(Oc2cc(F)cc(F)c2)c1. The minimum Gasteiger partial charge on any atom is -0.465 e. The first-order valence-electron chi connectivity index (χ1n) is 12.5. The fourth-order valence-corrected chi connectivity index (χ4v) is 6.32. The average molecular weight is 666 g/mol. The first kappa shape index (κ1) is 29.8. The number of aromatic nitrogens is 1. The summed E-state index contributed by atoms with van der Waals surface area (Å²) in [4.78, 5) is 16.3. The maximum atomic E-state index is 15.4. The van der Waals surface area contributed by atoms with Crippen LogP contribution in [0.4, 0.5) is 24.5 Å². The molecular weight excluding hydrogens is 643 g/mol. The fourth-order valence-electron chi connectivity index (χ4n) is 4.49. The van der Waals surface area contributed by atoms with E-state index in [2.05, 4.69) is 31.0 Å². The summed E-state index contributed by atoms with van der Waals surface area (Å²) in [6.45, 7) is 0.768. The molecule has 1 aliphatic rings. The molecule has 42 heavy (non-hydrogen) atoms. The third kappa shape index (κ3) is 6.67. The predicted molar refractivity (Wildman–Crippen MR) is 151 cm³/mol. The van der Waals surface area contributed by atoms with Crippen LogP contribution < -0.4 is 14.8 Å². The molecule has 1 aliphatic heterocycles. The van der Waals surface area contributed by atoms with Crippen LogP contribution in [-0.4, -0.2) is 45.7 Å². The van der Waals surface area contributed by atoms with Crippen LogP contribution in [0, 0.1) is 17.5 Å². The zero-order valence-electron chi connectivity index (χ0n) is 21.9. The standard InChI is InChI=1S/C28H23BrF3N3O6S/c1-39-28(36)15-6-20(13-21(7-15)41-22-11-17(30)10-18(31)12-22)34-27-25(42(37,38)35-19-2-4-40-5-3-19)14-33-24-9-16(29)8-23(32)26(24)27/h6-14,19,35H,2-5H2,1H3,(H,33,34). The molecule has 2 N–H and O–H groups in total. The largest absolute Gasteiger partial charge is 0.465 e. The molecular formula is C28H23BrF3N3O6S. The summed E-state index contributed by atoms with van der Waals surface area (Å²) in [5.41, 5.74) is 0.0300. The van der Waals surface area contributed by atoms with E-state index in [0.717, 1.165) is 31.5 Å². The van der Waals surface area contributed by atoms with Crippen LogP contribution in [-0.2, 0) is 19.5 Å². The molecule has 0 unspecified atom stereocenters. The zero-order chi connectivity index (χ0) is 30.0. The minimum atomic E-state index is -4.24. The lowest BCUT2D eigenvalue weighted by Crippen LogP contribution is -2.39. The maximum Gasteiger partial charge on any atom is 0.338 e. The third-order valence-electron chi connectivity index (χ3n) is 6.35. The van der Waals surface area contributed by atoms with E-state index in [0.29, 0.717) is 36.6 Å². The Morgan fingerprint density at radius 1 is 1.00 bits per heavy atom. The van der Waals surface area contributed by atoms with Gasteiger partial charge in [-0.2, -0.15) is 0 Å². The van der Waals surface area contributed by atoms with Gasteiger partial charge in [0.25, 0.3) is 0 Å². The number of nitrogens with one attached hydrogen (secondary N) is 2. The van der Waals surface area contributed by atoms with Gasteiger partial charge in [-0.15, -0.1) is 0 Å². The molecule has 1 aromatic heterocycles. The van der Waals surface area contributed by atoms with Crippen LogP contribution in [0.15, 0.2) is 64.1 Å². The second-order valence-corrected chi connectivity index (χ2v) is 12.0. The molecule has 0 atom stereocenters. The van der Waals surface area contributed by atoms with Crippen molar-refractivity contribution in [1.82, 2.24) is 9.71 Å². The van der Waals surface area contributed by atoms with Crippen molar-refractivity contribution in [3.05, 3.63) is 82.2 Å². The molecule has 0 saturated carbocycles. The van der Waals surface area contributed by atoms with Crippen molar-refractivity contribution < 1.29 is 40.6 Å². The Morgan fingerprint density at radius 2 is 1.69 bits per heavy atom. The Balaban J connectivity index is 1.63. The molecule has 4 aromatic rings. The molecule has 1 saturated heterocycles. The van der Waals surface area contributed by atoms with Crippen molar-refractivity contribution in [1.29, 1.82) is 0 Å². The van der Waals surface area contributed by atoms with Gasteiger partial charge in [-0.3, -0.25) is 4.98 Å². The van der Waals surface area contributed by atoms with Gasteiger partial charge in [-0.05, 0) is 37.1 Å². The molecule has 1 fully saturated rings. The number of anilines is 2. The Hall–Kier alpha value is -3.72. The van der Waals surface area contributed by atoms with Crippen LogP contribution in [0.25, 0.3) is 10.9 Å². The number of rotatable bonds is 8. The molecule has 3 aromatic carbocycles. The lowest BCUT2D eigenvalue weighted by Gasteiger charge is -2.24. The van der Waals surface area contributed by atoms with E-state index < -0.39 is 39.5 Å². The fraction of sp³-hybridized carbons (Fsp3) is 0.214. The third-order valence-corrected chi connectivity index (χ3v) is 8.34. The Morgan fingerprint density at radius 3 is 2.38 bits per heavy atom. The van der Waals surface area contributed by atoms with Crippen molar-refractivity contribution in [2.24, 2.45) is 0 Å².